The van der Waals surface area contributed by atoms with Gasteiger partial charge in [0.15, 0.2) is 17.2 Å². The predicted octanol–water partition coefficient (Wildman–Crippen LogP) is 3.45. The Morgan fingerprint density at radius 3 is 2.48 bits per heavy atom. The van der Waals surface area contributed by atoms with Crippen LogP contribution < -0.4 is 37.8 Å². The summed E-state index contributed by atoms with van der Waals surface area (Å²) in [5.74, 6) is -0.999. The molecule has 6 heterocycles. The van der Waals surface area contributed by atoms with E-state index in [0.717, 1.165) is 49.6 Å². The zero-order chi connectivity index (χ0) is 42.8. The molecule has 2 aliphatic rings. The lowest BCUT2D eigenvalue weighted by Gasteiger charge is -2.21. The molecular formula is C42H45FN12O6. The molecular weight excluding hydrogens is 788 g/mol. The van der Waals surface area contributed by atoms with Crippen LogP contribution in [0.4, 0.5) is 21.6 Å². The van der Waals surface area contributed by atoms with Gasteiger partial charge in [0.1, 0.15) is 23.7 Å². The van der Waals surface area contributed by atoms with E-state index in [4.69, 9.17) is 0 Å². The summed E-state index contributed by atoms with van der Waals surface area (Å²) in [6, 6.07) is 12.7. The van der Waals surface area contributed by atoms with Crippen molar-refractivity contribution in [3.8, 4) is 5.82 Å². The molecule has 1 aliphatic carbocycles. The number of fused-ring (bicyclic) bond motifs is 2. The summed E-state index contributed by atoms with van der Waals surface area (Å²) in [5, 5.41) is 18.4. The number of benzene rings is 1. The first-order valence-corrected chi connectivity index (χ1v) is 20.3. The summed E-state index contributed by atoms with van der Waals surface area (Å²) >= 11 is 0. The maximum atomic E-state index is 13.6. The number of anilines is 3. The third kappa shape index (κ3) is 8.48. The van der Waals surface area contributed by atoms with Gasteiger partial charge in [0.25, 0.3) is 17.4 Å². The molecule has 1 saturated carbocycles. The van der Waals surface area contributed by atoms with Crippen LogP contribution in [-0.2, 0) is 23.1 Å². The topological polar surface area (TPSA) is 220 Å². The molecule has 1 aromatic carbocycles. The number of piperidine rings is 1. The van der Waals surface area contributed by atoms with Crippen LogP contribution in [-0.4, -0.2) is 82.7 Å². The number of halogens is 1. The van der Waals surface area contributed by atoms with Gasteiger partial charge in [0, 0.05) is 51.9 Å². The van der Waals surface area contributed by atoms with Gasteiger partial charge >= 0.3 is 5.69 Å². The number of nitrogens with zero attached hydrogens (tertiary/aromatic N) is 7. The highest BCUT2D eigenvalue weighted by Gasteiger charge is 2.39. The zero-order valence-corrected chi connectivity index (χ0v) is 33.6. The lowest BCUT2D eigenvalue weighted by Crippen LogP contribution is -2.44. The van der Waals surface area contributed by atoms with Gasteiger partial charge in [-0.3, -0.25) is 43.0 Å². The van der Waals surface area contributed by atoms with Gasteiger partial charge < -0.3 is 21.3 Å². The van der Waals surface area contributed by atoms with Gasteiger partial charge in [-0.25, -0.2) is 23.7 Å². The number of hydrogen-bond acceptors (Lipinski definition) is 11. The van der Waals surface area contributed by atoms with Crippen molar-refractivity contribution < 1.29 is 23.6 Å². The van der Waals surface area contributed by atoms with Crippen LogP contribution >= 0.6 is 0 Å². The van der Waals surface area contributed by atoms with Crippen molar-refractivity contribution in [2.45, 2.75) is 76.0 Å². The molecule has 6 aromatic rings. The molecule has 5 aromatic heterocycles. The van der Waals surface area contributed by atoms with Crippen molar-refractivity contribution in [1.82, 2.24) is 49.2 Å². The van der Waals surface area contributed by atoms with Crippen molar-refractivity contribution in [3.63, 3.8) is 0 Å². The first kappa shape index (κ1) is 40.6. The molecule has 19 heteroatoms. The fraction of sp³-hybridized carbons (Fsp3) is 0.357. The number of unbranched alkanes of at least 4 members (excludes halogenated alkanes) is 4. The van der Waals surface area contributed by atoms with E-state index in [9.17, 15) is 33.2 Å². The molecule has 5 N–H and O–H groups in total. The minimum absolute atomic E-state index is 0.117. The number of carbonyl (C=O) groups is 4. The van der Waals surface area contributed by atoms with Crippen LogP contribution in [0.1, 0.15) is 83.8 Å². The molecule has 1 aliphatic heterocycles. The number of carbonyl (C=O) groups excluding carboxylic acids is 4. The number of nitrogens with one attached hydrogen (secondary N) is 5. The Labute approximate surface area is 347 Å². The summed E-state index contributed by atoms with van der Waals surface area (Å²) in [7, 11) is 3.38. The zero-order valence-electron chi connectivity index (χ0n) is 33.6. The molecule has 0 radical (unpaired) electrons. The number of aromatic nitrogens is 7. The summed E-state index contributed by atoms with van der Waals surface area (Å²) in [6.07, 6.45) is 9.56. The fourth-order valence-electron chi connectivity index (χ4n) is 7.58. The number of amides is 4. The number of rotatable bonds is 16. The quantitative estimate of drug-likeness (QED) is 0.0703. The fourth-order valence-corrected chi connectivity index (χ4v) is 7.58. The highest BCUT2D eigenvalue weighted by molar-refractivity contribution is 6.00. The average molecular weight is 833 g/mol. The van der Waals surface area contributed by atoms with Crippen LogP contribution in [0.5, 0.6) is 0 Å². The predicted molar refractivity (Wildman–Crippen MR) is 224 cm³/mol. The largest absolute Gasteiger partial charge is 0.385 e. The molecule has 4 amide bonds. The highest BCUT2D eigenvalue weighted by atomic mass is 19.1. The molecule has 316 valence electrons. The van der Waals surface area contributed by atoms with E-state index in [1.54, 1.807) is 55.2 Å². The Morgan fingerprint density at radius 2 is 1.72 bits per heavy atom. The second-order valence-electron chi connectivity index (χ2n) is 15.3. The van der Waals surface area contributed by atoms with Gasteiger partial charge in [0.05, 0.1) is 34.5 Å². The van der Waals surface area contributed by atoms with Gasteiger partial charge in [-0.1, -0.05) is 25.3 Å². The molecule has 1 unspecified atom stereocenters. The first-order valence-electron chi connectivity index (χ1n) is 20.3. The minimum atomic E-state index is -1.07. The standard InChI is InChI=1S/C42H45FN12O6/c1-44-29-21-34(51-55-33(23-47-37(29)55)40(59)49-28-20-26(28)43)48-27-10-8-18-53(41(27)60)35-15-12-25(22-46-35)38(57)45-17-7-5-3-4-6-9-24-11-13-30-32(19-24)52(2)42(61)54(30)31-14-16-36(56)50-39(31)58/h8,10-13,15,18-19,21-23,26,28,31,44H,3-7,9,14,16-17,20H2,1-2H3,(H,45,57)(H,48,51)(H,49,59)(H,50,56,58)/t26-,28+,31?/m0/s1. The van der Waals surface area contributed by atoms with E-state index in [1.165, 1.54) is 26.0 Å². The van der Waals surface area contributed by atoms with Crippen molar-refractivity contribution >= 4 is 57.5 Å². The van der Waals surface area contributed by atoms with E-state index in [0.29, 0.717) is 41.2 Å². The van der Waals surface area contributed by atoms with Crippen molar-refractivity contribution in [2.24, 2.45) is 7.05 Å². The first-order chi connectivity index (χ1) is 29.5. The molecule has 1 saturated heterocycles. The third-order valence-electron chi connectivity index (χ3n) is 11.1. The number of alkyl halides is 1. The van der Waals surface area contributed by atoms with Crippen molar-refractivity contribution in [3.05, 3.63) is 105 Å². The van der Waals surface area contributed by atoms with Crippen molar-refractivity contribution in [2.75, 3.05) is 24.2 Å². The molecule has 3 atom stereocenters. The van der Waals surface area contributed by atoms with Crippen LogP contribution in [0, 0.1) is 0 Å². The van der Waals surface area contributed by atoms with Gasteiger partial charge in [-0.2, -0.15) is 0 Å². The molecule has 18 nitrogen and oxygen atoms in total. The van der Waals surface area contributed by atoms with Gasteiger partial charge in [0.2, 0.25) is 11.8 Å². The Morgan fingerprint density at radius 1 is 0.918 bits per heavy atom. The van der Waals surface area contributed by atoms with Crippen LogP contribution in [0.15, 0.2) is 76.7 Å². The number of pyridine rings is 2. The average Bonchev–Trinajstić information content (AvgIpc) is 3.67. The smallest absolute Gasteiger partial charge is 0.329 e. The van der Waals surface area contributed by atoms with E-state index < -0.39 is 35.6 Å². The van der Waals surface area contributed by atoms with E-state index in [2.05, 4.69) is 41.7 Å². The Balaban J connectivity index is 0.802. The Bertz CT molecular complexity index is 2790. The van der Waals surface area contributed by atoms with Crippen LogP contribution in [0.2, 0.25) is 0 Å². The number of aryl methyl sites for hydroxylation is 2. The van der Waals surface area contributed by atoms with E-state index in [-0.39, 0.29) is 47.5 Å². The summed E-state index contributed by atoms with van der Waals surface area (Å²) in [5.41, 5.74) is 3.37. The Hall–Kier alpha value is -7.18. The lowest BCUT2D eigenvalue weighted by molar-refractivity contribution is -0.135. The summed E-state index contributed by atoms with van der Waals surface area (Å²) in [6.45, 7) is 0.502. The molecule has 0 bridgehead atoms. The maximum Gasteiger partial charge on any atom is 0.329 e. The lowest BCUT2D eigenvalue weighted by atomic mass is 10.0. The SMILES string of the molecule is CNc1cc(Nc2cccn(-c3ccc(C(=O)NCCCCCCCc4ccc5c(c4)n(C)c(=O)n5C4CCC(=O)NC4=O)cn3)c2=O)nn2c(C(=O)N[C@@H]3C[C@@H]3F)cnc12. The van der Waals surface area contributed by atoms with Gasteiger partial charge in [-0.15, -0.1) is 5.10 Å². The molecule has 8 rings (SSSR count). The van der Waals surface area contributed by atoms with Crippen LogP contribution in [0.25, 0.3) is 22.5 Å². The maximum absolute atomic E-state index is 13.6. The molecule has 61 heavy (non-hydrogen) atoms. The number of imide groups is 1. The second kappa shape index (κ2) is 17.2. The van der Waals surface area contributed by atoms with E-state index in [1.807, 2.05) is 18.2 Å². The van der Waals surface area contributed by atoms with E-state index >= 15 is 0 Å². The van der Waals surface area contributed by atoms with Crippen molar-refractivity contribution in [1.29, 1.82) is 0 Å². The minimum Gasteiger partial charge on any atom is -0.385 e. The Kier molecular flexibility index (Phi) is 11.4. The summed E-state index contributed by atoms with van der Waals surface area (Å²) in [4.78, 5) is 85.1. The second-order valence-corrected chi connectivity index (χ2v) is 15.3. The normalized spacial score (nSPS) is 17.3. The molecule has 2 fully saturated rings. The number of imidazole rings is 2. The third-order valence-corrected chi connectivity index (χ3v) is 11.1. The number of hydrogen-bond donors (Lipinski definition) is 5. The monoisotopic (exact) mass is 832 g/mol. The van der Waals surface area contributed by atoms with Crippen LogP contribution in [0.3, 0.4) is 0 Å². The highest BCUT2D eigenvalue weighted by Crippen LogP contribution is 2.27. The summed E-state index contributed by atoms with van der Waals surface area (Å²) < 4.78 is 19.1. The molecule has 0 spiro atoms. The van der Waals surface area contributed by atoms with Gasteiger partial charge in [-0.05, 0) is 67.6 Å².